The van der Waals surface area contributed by atoms with E-state index in [4.69, 9.17) is 0 Å². The van der Waals surface area contributed by atoms with Crippen LogP contribution in [0.15, 0.2) is 18.2 Å². The summed E-state index contributed by atoms with van der Waals surface area (Å²) in [6, 6.07) is 4.34. The molecule has 0 saturated heterocycles. The summed E-state index contributed by atoms with van der Waals surface area (Å²) in [6.07, 6.45) is 5.32. The van der Waals surface area contributed by atoms with Crippen LogP contribution in [0.25, 0.3) is 6.08 Å². The van der Waals surface area contributed by atoms with E-state index in [0.29, 0.717) is 0 Å². The van der Waals surface area contributed by atoms with Gasteiger partial charge in [0, 0.05) is 15.5 Å². The van der Waals surface area contributed by atoms with E-state index < -0.39 is 0 Å². The zero-order valence-corrected chi connectivity index (χ0v) is 8.29. The first-order valence-corrected chi connectivity index (χ1v) is 5.18. The average Bonchev–Trinajstić information content (AvgIpc) is 2.48. The molecule has 1 aromatic rings. The number of hydrogen-bond donors (Lipinski definition) is 1. The maximum absolute atomic E-state index is 4.10. The second kappa shape index (κ2) is 4.62. The first-order valence-electron chi connectivity index (χ1n) is 3.73. The van der Waals surface area contributed by atoms with Gasteiger partial charge in [-0.15, -0.1) is 11.3 Å². The normalized spacial score (nSPS) is 11.1. The van der Waals surface area contributed by atoms with Crippen LogP contribution in [-0.2, 0) is 6.42 Å². The highest BCUT2D eigenvalue weighted by Crippen LogP contribution is 2.17. The van der Waals surface area contributed by atoms with Gasteiger partial charge in [-0.25, -0.2) is 0 Å². The highest BCUT2D eigenvalue weighted by Gasteiger charge is 1.92. The zero-order chi connectivity index (χ0) is 8.10. The van der Waals surface area contributed by atoms with Crippen molar-refractivity contribution >= 4 is 30.0 Å². The molecule has 1 aromatic heterocycles. The fraction of sp³-hybridized carbons (Fsp3) is 0.333. The number of thiol groups is 1. The molecule has 0 aromatic carbocycles. The standard InChI is InChI=1S/C9H12S2/c1-2-8-5-6-9(11-8)4-3-7-10/h3-6,10H,2,7H2,1H3. The van der Waals surface area contributed by atoms with Crippen molar-refractivity contribution in [3.63, 3.8) is 0 Å². The van der Waals surface area contributed by atoms with E-state index in [2.05, 4.69) is 43.8 Å². The van der Waals surface area contributed by atoms with Gasteiger partial charge in [0.05, 0.1) is 0 Å². The quantitative estimate of drug-likeness (QED) is 0.685. The van der Waals surface area contributed by atoms with Crippen LogP contribution in [0.4, 0.5) is 0 Å². The monoisotopic (exact) mass is 184 g/mol. The number of thiophene rings is 1. The highest BCUT2D eigenvalue weighted by molar-refractivity contribution is 7.80. The Balaban J connectivity index is 2.65. The molecule has 1 rings (SSSR count). The largest absolute Gasteiger partial charge is 0.175 e. The first kappa shape index (κ1) is 8.88. The molecule has 11 heavy (non-hydrogen) atoms. The Kier molecular flexibility index (Phi) is 3.73. The molecule has 0 spiro atoms. The van der Waals surface area contributed by atoms with E-state index in [1.165, 1.54) is 9.75 Å². The molecule has 0 atom stereocenters. The molecule has 0 aliphatic heterocycles. The maximum atomic E-state index is 4.10. The minimum Gasteiger partial charge on any atom is -0.175 e. The van der Waals surface area contributed by atoms with Crippen LogP contribution in [0, 0.1) is 0 Å². The molecular weight excluding hydrogens is 172 g/mol. The fourth-order valence-electron chi connectivity index (χ4n) is 0.843. The minimum atomic E-state index is 0.819. The molecule has 0 saturated carbocycles. The summed E-state index contributed by atoms with van der Waals surface area (Å²) in [5, 5.41) is 0. The summed E-state index contributed by atoms with van der Waals surface area (Å²) in [6.45, 7) is 2.18. The Labute approximate surface area is 77.4 Å². The van der Waals surface area contributed by atoms with Crippen LogP contribution in [0.2, 0.25) is 0 Å². The molecule has 1 heterocycles. The average molecular weight is 184 g/mol. The maximum Gasteiger partial charge on any atom is 0.0270 e. The van der Waals surface area contributed by atoms with Gasteiger partial charge in [-0.05, 0) is 24.6 Å². The molecule has 0 aliphatic carbocycles. The van der Waals surface area contributed by atoms with E-state index in [0.717, 1.165) is 12.2 Å². The molecule has 0 bridgehead atoms. The molecular formula is C9H12S2. The predicted molar refractivity (Wildman–Crippen MR) is 56.6 cm³/mol. The van der Waals surface area contributed by atoms with Crippen LogP contribution < -0.4 is 0 Å². The van der Waals surface area contributed by atoms with E-state index in [1.807, 2.05) is 11.3 Å². The summed E-state index contributed by atoms with van der Waals surface area (Å²) in [5.41, 5.74) is 0. The van der Waals surface area contributed by atoms with Crippen molar-refractivity contribution in [2.75, 3.05) is 5.75 Å². The highest BCUT2D eigenvalue weighted by atomic mass is 32.1. The van der Waals surface area contributed by atoms with Crippen molar-refractivity contribution in [3.05, 3.63) is 28.0 Å². The topological polar surface area (TPSA) is 0 Å². The Hall–Kier alpha value is -0.210. The van der Waals surface area contributed by atoms with Gasteiger partial charge >= 0.3 is 0 Å². The predicted octanol–water partition coefficient (Wildman–Crippen LogP) is 3.25. The Morgan fingerprint density at radius 3 is 2.91 bits per heavy atom. The van der Waals surface area contributed by atoms with Crippen LogP contribution in [0.5, 0.6) is 0 Å². The lowest BCUT2D eigenvalue weighted by Crippen LogP contribution is -1.64. The summed E-state index contributed by atoms with van der Waals surface area (Å²) in [7, 11) is 0. The molecule has 60 valence electrons. The van der Waals surface area contributed by atoms with E-state index >= 15 is 0 Å². The number of rotatable bonds is 3. The SMILES string of the molecule is CCc1ccc(C=CCS)s1. The number of hydrogen-bond acceptors (Lipinski definition) is 2. The summed E-state index contributed by atoms with van der Waals surface area (Å²) in [5.74, 6) is 0.819. The van der Waals surface area contributed by atoms with Gasteiger partial charge in [0.1, 0.15) is 0 Å². The summed E-state index contributed by atoms with van der Waals surface area (Å²) >= 11 is 5.95. The van der Waals surface area contributed by atoms with Crippen molar-refractivity contribution < 1.29 is 0 Å². The van der Waals surface area contributed by atoms with Gasteiger partial charge in [-0.1, -0.05) is 13.0 Å². The zero-order valence-electron chi connectivity index (χ0n) is 6.58. The Bertz CT molecular complexity index is 235. The van der Waals surface area contributed by atoms with Gasteiger partial charge in [-0.2, -0.15) is 12.6 Å². The van der Waals surface area contributed by atoms with Crippen molar-refractivity contribution in [2.24, 2.45) is 0 Å². The summed E-state index contributed by atoms with van der Waals surface area (Å²) in [4.78, 5) is 2.78. The lowest BCUT2D eigenvalue weighted by molar-refractivity contribution is 1.19. The third-order valence-electron chi connectivity index (χ3n) is 1.42. The van der Waals surface area contributed by atoms with Crippen molar-refractivity contribution in [3.8, 4) is 0 Å². The van der Waals surface area contributed by atoms with E-state index in [1.54, 1.807) is 0 Å². The van der Waals surface area contributed by atoms with E-state index in [-0.39, 0.29) is 0 Å². The molecule has 0 nitrogen and oxygen atoms in total. The number of aryl methyl sites for hydroxylation is 1. The van der Waals surface area contributed by atoms with Crippen LogP contribution in [0.3, 0.4) is 0 Å². The molecule has 0 N–H and O–H groups in total. The van der Waals surface area contributed by atoms with Crippen molar-refractivity contribution in [1.82, 2.24) is 0 Å². The van der Waals surface area contributed by atoms with Crippen LogP contribution in [-0.4, -0.2) is 5.75 Å². The van der Waals surface area contributed by atoms with Crippen molar-refractivity contribution in [2.45, 2.75) is 13.3 Å². The van der Waals surface area contributed by atoms with Gasteiger partial charge in [0.2, 0.25) is 0 Å². The van der Waals surface area contributed by atoms with E-state index in [9.17, 15) is 0 Å². The second-order valence-electron chi connectivity index (χ2n) is 2.24. The molecule has 2 heteroatoms. The third kappa shape index (κ3) is 2.72. The minimum absolute atomic E-state index is 0.819. The Morgan fingerprint density at radius 2 is 2.36 bits per heavy atom. The van der Waals surface area contributed by atoms with Crippen molar-refractivity contribution in [1.29, 1.82) is 0 Å². The summed E-state index contributed by atoms with van der Waals surface area (Å²) < 4.78 is 0. The van der Waals surface area contributed by atoms with Crippen LogP contribution >= 0.6 is 24.0 Å². The van der Waals surface area contributed by atoms with Gasteiger partial charge in [0.25, 0.3) is 0 Å². The van der Waals surface area contributed by atoms with Gasteiger partial charge in [0.15, 0.2) is 0 Å². The Morgan fingerprint density at radius 1 is 1.55 bits per heavy atom. The fourth-order valence-corrected chi connectivity index (χ4v) is 1.83. The third-order valence-corrected chi connectivity index (χ3v) is 2.82. The molecule has 0 aliphatic rings. The first-order chi connectivity index (χ1) is 5.36. The smallest absolute Gasteiger partial charge is 0.0270 e. The molecule has 0 fully saturated rings. The van der Waals surface area contributed by atoms with Crippen LogP contribution in [0.1, 0.15) is 16.7 Å². The molecule has 0 radical (unpaired) electrons. The lowest BCUT2D eigenvalue weighted by atomic mass is 10.3. The molecule has 0 amide bonds. The second-order valence-corrected chi connectivity index (χ2v) is 3.81. The van der Waals surface area contributed by atoms with Gasteiger partial charge in [-0.3, -0.25) is 0 Å². The van der Waals surface area contributed by atoms with Gasteiger partial charge < -0.3 is 0 Å². The lowest BCUT2D eigenvalue weighted by Gasteiger charge is -1.83. The molecule has 0 unspecified atom stereocenters.